The maximum Gasteiger partial charge on any atom is 0.323 e. The molecule has 2 heterocycles. The first-order valence-corrected chi connectivity index (χ1v) is 6.56. The number of esters is 1. The fourth-order valence-corrected chi connectivity index (χ4v) is 2.56. The topological polar surface area (TPSA) is 42.7 Å². The summed E-state index contributed by atoms with van der Waals surface area (Å²) in [5.74, 6) is 0.725. The highest BCUT2D eigenvalue weighted by Crippen LogP contribution is 2.22. The van der Waals surface area contributed by atoms with Gasteiger partial charge in [0.2, 0.25) is 0 Å². The van der Waals surface area contributed by atoms with Crippen molar-refractivity contribution in [1.29, 1.82) is 0 Å². The van der Waals surface area contributed by atoms with Crippen molar-refractivity contribution >= 4 is 21.9 Å². The lowest BCUT2D eigenvalue weighted by molar-refractivity contribution is -0.148. The first kappa shape index (κ1) is 12.6. The van der Waals surface area contributed by atoms with Gasteiger partial charge >= 0.3 is 5.97 Å². The molecule has 0 radical (unpaired) electrons. The first-order chi connectivity index (χ1) is 8.20. The lowest BCUT2D eigenvalue weighted by atomic mass is 10.0. The predicted molar refractivity (Wildman–Crippen MR) is 66.5 cm³/mol. The van der Waals surface area contributed by atoms with Crippen LogP contribution in [0.25, 0.3) is 0 Å². The number of nitrogens with zero attached hydrogens (tertiary/aromatic N) is 1. The first-order valence-electron chi connectivity index (χ1n) is 5.77. The van der Waals surface area contributed by atoms with Crippen LogP contribution in [-0.2, 0) is 16.1 Å². The Morgan fingerprint density at radius 1 is 1.59 bits per heavy atom. The van der Waals surface area contributed by atoms with Crippen molar-refractivity contribution in [2.75, 3.05) is 13.7 Å². The number of rotatable bonds is 3. The third-order valence-electron chi connectivity index (χ3n) is 3.07. The number of hydrogen-bond acceptors (Lipinski definition) is 4. The van der Waals surface area contributed by atoms with E-state index in [1.54, 1.807) is 0 Å². The molecule has 1 aliphatic rings. The number of ether oxygens (including phenoxy) is 1. The van der Waals surface area contributed by atoms with E-state index in [1.165, 1.54) is 7.11 Å². The van der Waals surface area contributed by atoms with Gasteiger partial charge in [-0.25, -0.2) is 0 Å². The average Bonchev–Trinajstić information content (AvgIpc) is 2.74. The Morgan fingerprint density at radius 3 is 3.06 bits per heavy atom. The van der Waals surface area contributed by atoms with Crippen molar-refractivity contribution in [2.24, 2.45) is 0 Å². The summed E-state index contributed by atoms with van der Waals surface area (Å²) >= 11 is 3.28. The molecule has 1 aliphatic heterocycles. The molecular formula is C12H16BrNO3. The molecule has 17 heavy (non-hydrogen) atoms. The van der Waals surface area contributed by atoms with Crippen LogP contribution in [0.2, 0.25) is 0 Å². The molecule has 0 bridgehead atoms. The van der Waals surface area contributed by atoms with E-state index >= 15 is 0 Å². The van der Waals surface area contributed by atoms with Crippen LogP contribution in [0.3, 0.4) is 0 Å². The molecule has 0 spiro atoms. The highest BCUT2D eigenvalue weighted by atomic mass is 79.9. The number of hydrogen-bond donors (Lipinski definition) is 0. The highest BCUT2D eigenvalue weighted by Gasteiger charge is 2.29. The Bertz CT molecular complexity index is 391. The monoisotopic (exact) mass is 301 g/mol. The SMILES string of the molecule is COC(=O)C1CCCCN1Cc1ccc(Br)o1. The molecule has 1 atom stereocenters. The minimum atomic E-state index is -0.143. The molecule has 0 amide bonds. The second-order valence-corrected chi connectivity index (χ2v) is 4.99. The van der Waals surface area contributed by atoms with Crippen LogP contribution < -0.4 is 0 Å². The van der Waals surface area contributed by atoms with Crippen LogP contribution in [-0.4, -0.2) is 30.6 Å². The quantitative estimate of drug-likeness (QED) is 0.805. The van der Waals surface area contributed by atoms with E-state index in [2.05, 4.69) is 20.8 Å². The molecule has 0 saturated carbocycles. The van der Waals surface area contributed by atoms with Crippen molar-refractivity contribution < 1.29 is 13.9 Å². The molecule has 0 N–H and O–H groups in total. The zero-order valence-corrected chi connectivity index (χ0v) is 11.4. The molecule has 1 unspecified atom stereocenters. The van der Waals surface area contributed by atoms with E-state index < -0.39 is 0 Å². The van der Waals surface area contributed by atoms with E-state index in [-0.39, 0.29) is 12.0 Å². The summed E-state index contributed by atoms with van der Waals surface area (Å²) in [5, 5.41) is 0. The summed E-state index contributed by atoms with van der Waals surface area (Å²) in [6.45, 7) is 1.57. The Labute approximate surface area is 109 Å². The molecule has 1 fully saturated rings. The summed E-state index contributed by atoms with van der Waals surface area (Å²) in [4.78, 5) is 13.8. The van der Waals surface area contributed by atoms with Crippen LogP contribution in [0, 0.1) is 0 Å². The van der Waals surface area contributed by atoms with Crippen LogP contribution in [0.5, 0.6) is 0 Å². The minimum absolute atomic E-state index is 0.127. The maximum absolute atomic E-state index is 11.7. The van der Waals surface area contributed by atoms with E-state index in [0.29, 0.717) is 6.54 Å². The van der Waals surface area contributed by atoms with Gasteiger partial charge in [-0.3, -0.25) is 9.69 Å². The summed E-state index contributed by atoms with van der Waals surface area (Å²) in [6, 6.07) is 3.66. The number of piperidine rings is 1. The second-order valence-electron chi connectivity index (χ2n) is 4.21. The Hall–Kier alpha value is -0.810. The van der Waals surface area contributed by atoms with Gasteiger partial charge in [0.15, 0.2) is 4.67 Å². The molecule has 5 heteroatoms. The molecule has 1 aromatic rings. The third-order valence-corrected chi connectivity index (χ3v) is 3.50. The van der Waals surface area contributed by atoms with Gasteiger partial charge in [-0.15, -0.1) is 0 Å². The number of halogens is 1. The zero-order valence-electron chi connectivity index (χ0n) is 9.82. The number of likely N-dealkylation sites (tertiary alicyclic amines) is 1. The van der Waals surface area contributed by atoms with Gasteiger partial charge in [0.25, 0.3) is 0 Å². The van der Waals surface area contributed by atoms with Gasteiger partial charge in [-0.1, -0.05) is 6.42 Å². The standard InChI is InChI=1S/C12H16BrNO3/c1-16-12(15)10-4-2-3-7-14(10)8-9-5-6-11(13)17-9/h5-6,10H,2-4,7-8H2,1H3. The second kappa shape index (κ2) is 5.69. The predicted octanol–water partition coefficient (Wildman–Crippen LogP) is 2.57. The summed E-state index contributed by atoms with van der Waals surface area (Å²) < 4.78 is 11.0. The molecule has 1 saturated heterocycles. The van der Waals surface area contributed by atoms with Gasteiger partial charge in [0.1, 0.15) is 11.8 Å². The fourth-order valence-electron chi connectivity index (χ4n) is 2.22. The lowest BCUT2D eigenvalue weighted by Gasteiger charge is -2.32. The van der Waals surface area contributed by atoms with Crippen LogP contribution in [0.4, 0.5) is 0 Å². The van der Waals surface area contributed by atoms with Crippen molar-refractivity contribution in [3.63, 3.8) is 0 Å². The summed E-state index contributed by atoms with van der Waals surface area (Å²) in [7, 11) is 1.44. The molecule has 0 aliphatic carbocycles. The van der Waals surface area contributed by atoms with E-state index in [4.69, 9.17) is 9.15 Å². The van der Waals surface area contributed by atoms with Gasteiger partial charge in [0.05, 0.1) is 13.7 Å². The molecule has 94 valence electrons. The Morgan fingerprint density at radius 2 is 2.41 bits per heavy atom. The maximum atomic E-state index is 11.7. The van der Waals surface area contributed by atoms with Crippen LogP contribution >= 0.6 is 15.9 Å². The number of carbonyl (C=O) groups excluding carboxylic acids is 1. The Kier molecular flexibility index (Phi) is 4.23. The normalized spacial score (nSPS) is 21.4. The third kappa shape index (κ3) is 3.10. The molecule has 0 aromatic carbocycles. The Balaban J connectivity index is 2.03. The van der Waals surface area contributed by atoms with E-state index in [1.807, 2.05) is 12.1 Å². The van der Waals surface area contributed by atoms with Crippen molar-refractivity contribution in [3.8, 4) is 0 Å². The van der Waals surface area contributed by atoms with Gasteiger partial charge in [-0.2, -0.15) is 0 Å². The van der Waals surface area contributed by atoms with Crippen molar-refractivity contribution in [2.45, 2.75) is 31.8 Å². The highest BCUT2D eigenvalue weighted by molar-refractivity contribution is 9.10. The number of furan rings is 1. The van der Waals surface area contributed by atoms with Crippen LogP contribution in [0.1, 0.15) is 25.0 Å². The van der Waals surface area contributed by atoms with E-state index in [0.717, 1.165) is 36.2 Å². The largest absolute Gasteiger partial charge is 0.468 e. The summed E-state index contributed by atoms with van der Waals surface area (Å²) in [6.07, 6.45) is 3.07. The molecular weight excluding hydrogens is 286 g/mol. The minimum Gasteiger partial charge on any atom is -0.468 e. The fraction of sp³-hybridized carbons (Fsp3) is 0.583. The van der Waals surface area contributed by atoms with E-state index in [9.17, 15) is 4.79 Å². The van der Waals surface area contributed by atoms with Crippen molar-refractivity contribution in [3.05, 3.63) is 22.6 Å². The van der Waals surface area contributed by atoms with Gasteiger partial charge in [-0.05, 0) is 47.4 Å². The van der Waals surface area contributed by atoms with Crippen LogP contribution in [0.15, 0.2) is 21.2 Å². The molecule has 4 nitrogen and oxygen atoms in total. The smallest absolute Gasteiger partial charge is 0.323 e. The number of methoxy groups -OCH3 is 1. The zero-order chi connectivity index (χ0) is 12.3. The number of carbonyl (C=O) groups is 1. The summed E-state index contributed by atoms with van der Waals surface area (Å²) in [5.41, 5.74) is 0. The van der Waals surface area contributed by atoms with Gasteiger partial charge in [0, 0.05) is 0 Å². The van der Waals surface area contributed by atoms with Crippen molar-refractivity contribution in [1.82, 2.24) is 4.90 Å². The average molecular weight is 302 g/mol. The van der Waals surface area contributed by atoms with Gasteiger partial charge < -0.3 is 9.15 Å². The lowest BCUT2D eigenvalue weighted by Crippen LogP contribution is -2.44. The molecule has 1 aromatic heterocycles. The molecule has 2 rings (SSSR count).